The molecule has 0 bridgehead atoms. The lowest BCUT2D eigenvalue weighted by molar-refractivity contribution is 0.662. The van der Waals surface area contributed by atoms with Crippen LogP contribution in [0.1, 0.15) is 19.8 Å². The molecule has 0 amide bonds. The molecule has 1 aromatic heterocycles. The molecule has 0 fully saturated rings. The summed E-state index contributed by atoms with van der Waals surface area (Å²) >= 11 is 0. The number of nitrogens with zero attached hydrogens (tertiary/aromatic N) is 2. The molecular weight excluding hydrogens is 160 g/mol. The van der Waals surface area contributed by atoms with Crippen LogP contribution in [0.4, 0.5) is 0 Å². The normalized spacial score (nSPS) is 14.2. The van der Waals surface area contributed by atoms with Crippen LogP contribution < -0.4 is 10.7 Å². The van der Waals surface area contributed by atoms with E-state index in [9.17, 15) is 0 Å². The molecule has 2 rings (SSSR count). The lowest BCUT2D eigenvalue weighted by atomic mass is 10.4. The molecule has 1 aliphatic rings. The lowest BCUT2D eigenvalue weighted by Crippen LogP contribution is -2.29. The molecule has 0 spiro atoms. The van der Waals surface area contributed by atoms with Gasteiger partial charge in [-0.1, -0.05) is 25.2 Å². The summed E-state index contributed by atoms with van der Waals surface area (Å²) in [6.45, 7) is 3.25. The van der Waals surface area contributed by atoms with Gasteiger partial charge in [0.1, 0.15) is 0 Å². The standard InChI is InChI=1S/C11H14N2/c1-2-8-13-9-12-10-6-4-3-5-7-11(10)13/h3-4,6-7,9H,2,5,8H2,1H3. The van der Waals surface area contributed by atoms with Gasteiger partial charge < -0.3 is 4.57 Å². The zero-order valence-electron chi connectivity index (χ0n) is 7.90. The highest BCUT2D eigenvalue weighted by molar-refractivity contribution is 5.40. The number of fused-ring (bicyclic) bond motifs is 1. The van der Waals surface area contributed by atoms with Crippen molar-refractivity contribution in [3.8, 4) is 0 Å². The topological polar surface area (TPSA) is 17.8 Å². The fraction of sp³-hybridized carbons (Fsp3) is 0.364. The zero-order valence-corrected chi connectivity index (χ0v) is 7.90. The summed E-state index contributed by atoms with van der Waals surface area (Å²) in [7, 11) is 0. The van der Waals surface area contributed by atoms with E-state index in [2.05, 4.69) is 40.8 Å². The third kappa shape index (κ3) is 1.57. The van der Waals surface area contributed by atoms with Gasteiger partial charge in [-0.25, -0.2) is 4.98 Å². The molecule has 0 unspecified atom stereocenters. The summed E-state index contributed by atoms with van der Waals surface area (Å²) in [6, 6.07) is 0. The monoisotopic (exact) mass is 174 g/mol. The molecule has 13 heavy (non-hydrogen) atoms. The summed E-state index contributed by atoms with van der Waals surface area (Å²) in [5.74, 6) is 0. The molecule has 0 saturated heterocycles. The molecule has 0 saturated carbocycles. The summed E-state index contributed by atoms with van der Waals surface area (Å²) in [5.41, 5.74) is 0. The Balaban J connectivity index is 2.55. The van der Waals surface area contributed by atoms with Crippen molar-refractivity contribution in [1.82, 2.24) is 9.55 Å². The van der Waals surface area contributed by atoms with Crippen molar-refractivity contribution < 1.29 is 0 Å². The second kappa shape index (κ2) is 3.60. The van der Waals surface area contributed by atoms with E-state index in [0.717, 1.165) is 24.7 Å². The Morgan fingerprint density at radius 2 is 2.46 bits per heavy atom. The van der Waals surface area contributed by atoms with Crippen LogP contribution in [0.25, 0.3) is 12.2 Å². The predicted molar refractivity (Wildman–Crippen MR) is 54.5 cm³/mol. The van der Waals surface area contributed by atoms with Crippen LogP contribution in [0, 0.1) is 0 Å². The van der Waals surface area contributed by atoms with Gasteiger partial charge in [-0.3, -0.25) is 0 Å². The minimum atomic E-state index is 1.01. The van der Waals surface area contributed by atoms with Crippen molar-refractivity contribution in [1.29, 1.82) is 0 Å². The fourth-order valence-corrected chi connectivity index (χ4v) is 1.59. The number of rotatable bonds is 2. The highest BCUT2D eigenvalue weighted by Gasteiger charge is 1.96. The Hall–Kier alpha value is -1.31. The lowest BCUT2D eigenvalue weighted by Gasteiger charge is -1.97. The fourth-order valence-electron chi connectivity index (χ4n) is 1.59. The van der Waals surface area contributed by atoms with Crippen LogP contribution in [0.15, 0.2) is 18.5 Å². The molecule has 68 valence electrons. The van der Waals surface area contributed by atoms with Crippen molar-refractivity contribution in [3.05, 3.63) is 29.2 Å². The highest BCUT2D eigenvalue weighted by atomic mass is 15.0. The van der Waals surface area contributed by atoms with E-state index in [0.29, 0.717) is 0 Å². The number of allylic oxidation sites excluding steroid dienone is 2. The first-order valence-electron chi connectivity index (χ1n) is 4.80. The average Bonchev–Trinajstić information content (AvgIpc) is 2.38. The van der Waals surface area contributed by atoms with Crippen LogP contribution in [0.2, 0.25) is 0 Å². The molecule has 0 N–H and O–H groups in total. The first-order chi connectivity index (χ1) is 6.42. The third-order valence-electron chi connectivity index (χ3n) is 2.21. The predicted octanol–water partition coefficient (Wildman–Crippen LogP) is 0.814. The van der Waals surface area contributed by atoms with Gasteiger partial charge in [-0.05, 0) is 18.9 Å². The molecule has 0 aromatic carbocycles. The summed E-state index contributed by atoms with van der Waals surface area (Å²) in [6.07, 6.45) is 12.6. The Morgan fingerprint density at radius 1 is 1.54 bits per heavy atom. The van der Waals surface area contributed by atoms with E-state index in [1.54, 1.807) is 0 Å². The van der Waals surface area contributed by atoms with E-state index in [4.69, 9.17) is 0 Å². The smallest absolute Gasteiger partial charge is 0.0958 e. The largest absolute Gasteiger partial charge is 0.331 e. The van der Waals surface area contributed by atoms with Crippen molar-refractivity contribution in [2.45, 2.75) is 26.3 Å². The van der Waals surface area contributed by atoms with E-state index in [-0.39, 0.29) is 0 Å². The zero-order chi connectivity index (χ0) is 9.10. The van der Waals surface area contributed by atoms with Crippen molar-refractivity contribution in [3.63, 3.8) is 0 Å². The maximum absolute atomic E-state index is 4.36. The van der Waals surface area contributed by atoms with Crippen LogP contribution in [0.3, 0.4) is 0 Å². The molecule has 0 atom stereocenters. The van der Waals surface area contributed by atoms with Gasteiger partial charge in [0.05, 0.1) is 17.0 Å². The molecule has 1 heterocycles. The SMILES string of the molecule is CCCn1cnc2c1=CCC=CC=2. The Labute approximate surface area is 77.9 Å². The molecule has 2 nitrogen and oxygen atoms in total. The number of aromatic nitrogens is 2. The maximum Gasteiger partial charge on any atom is 0.0958 e. The molecular formula is C11H14N2. The summed E-state index contributed by atoms with van der Waals surface area (Å²) < 4.78 is 2.22. The second-order valence-corrected chi connectivity index (χ2v) is 3.24. The first kappa shape index (κ1) is 8.30. The van der Waals surface area contributed by atoms with Crippen LogP contribution >= 0.6 is 0 Å². The van der Waals surface area contributed by atoms with Gasteiger partial charge in [0.25, 0.3) is 0 Å². The van der Waals surface area contributed by atoms with Gasteiger partial charge in [0.2, 0.25) is 0 Å². The Bertz CT molecular complexity index is 423. The van der Waals surface area contributed by atoms with Crippen molar-refractivity contribution in [2.24, 2.45) is 0 Å². The summed E-state index contributed by atoms with van der Waals surface area (Å²) in [5, 5.41) is 2.37. The molecule has 1 aromatic rings. The van der Waals surface area contributed by atoms with Crippen LogP contribution in [-0.4, -0.2) is 9.55 Å². The molecule has 0 aliphatic heterocycles. The Morgan fingerprint density at radius 3 is 3.31 bits per heavy atom. The van der Waals surface area contributed by atoms with Gasteiger partial charge >= 0.3 is 0 Å². The number of aryl methyl sites for hydroxylation is 1. The molecule has 1 aliphatic carbocycles. The van der Waals surface area contributed by atoms with E-state index in [1.165, 1.54) is 5.35 Å². The quantitative estimate of drug-likeness (QED) is 0.649. The molecule has 0 radical (unpaired) electrons. The minimum Gasteiger partial charge on any atom is -0.331 e. The number of hydrogen-bond donors (Lipinski definition) is 0. The van der Waals surface area contributed by atoms with E-state index >= 15 is 0 Å². The van der Waals surface area contributed by atoms with Crippen molar-refractivity contribution >= 4 is 12.2 Å². The van der Waals surface area contributed by atoms with Gasteiger partial charge in [-0.2, -0.15) is 0 Å². The van der Waals surface area contributed by atoms with Crippen LogP contribution in [-0.2, 0) is 6.54 Å². The van der Waals surface area contributed by atoms with Gasteiger partial charge in [-0.15, -0.1) is 0 Å². The van der Waals surface area contributed by atoms with Crippen molar-refractivity contribution in [2.75, 3.05) is 0 Å². The Kier molecular flexibility index (Phi) is 2.30. The van der Waals surface area contributed by atoms with Gasteiger partial charge in [0, 0.05) is 6.54 Å². The van der Waals surface area contributed by atoms with E-state index in [1.807, 2.05) is 6.33 Å². The first-order valence-corrected chi connectivity index (χ1v) is 4.80. The number of imidazole rings is 1. The third-order valence-corrected chi connectivity index (χ3v) is 2.21. The highest BCUT2D eigenvalue weighted by Crippen LogP contribution is 1.89. The minimum absolute atomic E-state index is 1.01. The van der Waals surface area contributed by atoms with Gasteiger partial charge in [0.15, 0.2) is 0 Å². The summed E-state index contributed by atoms with van der Waals surface area (Å²) in [4.78, 5) is 4.36. The second-order valence-electron chi connectivity index (χ2n) is 3.24. The van der Waals surface area contributed by atoms with E-state index < -0.39 is 0 Å². The average molecular weight is 174 g/mol. The maximum atomic E-state index is 4.36. The molecule has 2 heteroatoms. The van der Waals surface area contributed by atoms with Crippen LogP contribution in [0.5, 0.6) is 0 Å². The number of hydrogen-bond acceptors (Lipinski definition) is 1.